The lowest BCUT2D eigenvalue weighted by atomic mass is 9.91. The van der Waals surface area contributed by atoms with Crippen LogP contribution < -0.4 is 4.90 Å². The molecule has 4 rings (SSSR count). The number of benzene rings is 1. The van der Waals surface area contributed by atoms with Crippen LogP contribution in [-0.2, 0) is 7.05 Å². The van der Waals surface area contributed by atoms with E-state index in [-0.39, 0.29) is 16.5 Å². The van der Waals surface area contributed by atoms with E-state index in [2.05, 4.69) is 14.9 Å². The van der Waals surface area contributed by atoms with E-state index >= 15 is 0 Å². The van der Waals surface area contributed by atoms with Crippen molar-refractivity contribution in [3.05, 3.63) is 58.8 Å². The highest BCUT2D eigenvalue weighted by Gasteiger charge is 2.30. The van der Waals surface area contributed by atoms with Crippen LogP contribution in [0.4, 0.5) is 11.4 Å². The van der Waals surface area contributed by atoms with Gasteiger partial charge in [-0.05, 0) is 31.0 Å². The molecule has 1 aromatic carbocycles. The van der Waals surface area contributed by atoms with Crippen LogP contribution >= 0.6 is 0 Å². The number of aryl methyl sites for hydroxylation is 1. The molecular formula is C19H21N5O3. The lowest BCUT2D eigenvalue weighted by molar-refractivity contribution is -0.383. The molecule has 3 aromatic rings. The van der Waals surface area contributed by atoms with Crippen LogP contribution in [0.2, 0.25) is 0 Å². The Morgan fingerprint density at radius 1 is 1.30 bits per heavy atom. The van der Waals surface area contributed by atoms with E-state index in [0.717, 1.165) is 25.1 Å². The fourth-order valence-electron chi connectivity index (χ4n) is 3.92. The van der Waals surface area contributed by atoms with E-state index in [1.54, 1.807) is 30.6 Å². The number of nitro groups is 1. The van der Waals surface area contributed by atoms with E-state index in [1.165, 1.54) is 6.07 Å². The maximum absolute atomic E-state index is 11.3. The number of hydrogen-bond donors (Lipinski definition) is 1. The Morgan fingerprint density at radius 3 is 2.89 bits per heavy atom. The smallest absolute Gasteiger partial charge is 0.278 e. The Balaban J connectivity index is 1.67. The number of aliphatic hydroxyl groups excluding tert-OH is 1. The number of rotatable bonds is 4. The van der Waals surface area contributed by atoms with Crippen molar-refractivity contribution in [2.75, 3.05) is 18.0 Å². The van der Waals surface area contributed by atoms with Crippen LogP contribution in [0.25, 0.3) is 10.9 Å². The van der Waals surface area contributed by atoms with Gasteiger partial charge in [0.05, 0.1) is 16.0 Å². The van der Waals surface area contributed by atoms with E-state index in [9.17, 15) is 15.2 Å². The Kier molecular flexibility index (Phi) is 4.49. The fourth-order valence-corrected chi connectivity index (χ4v) is 3.92. The molecule has 1 saturated heterocycles. The summed E-state index contributed by atoms with van der Waals surface area (Å²) in [6.07, 6.45) is 6.35. The molecule has 2 aromatic heterocycles. The van der Waals surface area contributed by atoms with Gasteiger partial charge in [0.25, 0.3) is 5.69 Å². The van der Waals surface area contributed by atoms with Gasteiger partial charge < -0.3 is 14.6 Å². The number of nitro benzene ring substituents is 1. The number of non-ortho nitro benzene ring substituents is 1. The number of aromatic nitrogens is 3. The third-order valence-electron chi connectivity index (χ3n) is 5.29. The molecule has 0 bridgehead atoms. The average Bonchev–Trinajstić information content (AvgIpc) is 3.12. The van der Waals surface area contributed by atoms with Gasteiger partial charge in [0, 0.05) is 50.7 Å². The molecule has 8 nitrogen and oxygen atoms in total. The first-order chi connectivity index (χ1) is 13.1. The fraction of sp³-hybridized carbons (Fsp3) is 0.368. The molecule has 8 heteroatoms. The van der Waals surface area contributed by atoms with Crippen molar-refractivity contribution in [1.82, 2.24) is 14.5 Å². The summed E-state index contributed by atoms with van der Waals surface area (Å²) in [4.78, 5) is 21.8. The molecule has 0 saturated carbocycles. The van der Waals surface area contributed by atoms with Gasteiger partial charge in [-0.15, -0.1) is 0 Å². The first-order valence-corrected chi connectivity index (χ1v) is 8.98. The van der Waals surface area contributed by atoms with Crippen LogP contribution in [0.1, 0.15) is 24.8 Å². The minimum Gasteiger partial charge on any atom is -0.385 e. The zero-order valence-electron chi connectivity index (χ0n) is 15.0. The van der Waals surface area contributed by atoms with Crippen molar-refractivity contribution in [2.45, 2.75) is 18.9 Å². The summed E-state index contributed by atoms with van der Waals surface area (Å²) >= 11 is 0. The van der Waals surface area contributed by atoms with Crippen molar-refractivity contribution in [3.8, 4) is 0 Å². The largest absolute Gasteiger partial charge is 0.385 e. The third kappa shape index (κ3) is 3.12. The van der Waals surface area contributed by atoms with E-state index < -0.39 is 6.10 Å². The minimum atomic E-state index is -0.648. The molecule has 0 radical (unpaired) electrons. The first-order valence-electron chi connectivity index (χ1n) is 8.98. The van der Waals surface area contributed by atoms with Gasteiger partial charge in [0.1, 0.15) is 17.4 Å². The van der Waals surface area contributed by atoms with Crippen molar-refractivity contribution < 1.29 is 10.0 Å². The molecule has 140 valence electrons. The predicted molar refractivity (Wildman–Crippen MR) is 102 cm³/mol. The van der Waals surface area contributed by atoms with Crippen molar-refractivity contribution in [1.29, 1.82) is 0 Å². The zero-order chi connectivity index (χ0) is 19.0. The van der Waals surface area contributed by atoms with E-state index in [1.807, 2.05) is 17.8 Å². The summed E-state index contributed by atoms with van der Waals surface area (Å²) in [5.74, 6) is 0.697. The normalized spacial score (nSPS) is 18.6. The number of imidazole rings is 1. The van der Waals surface area contributed by atoms with Gasteiger partial charge in [-0.3, -0.25) is 15.1 Å². The van der Waals surface area contributed by atoms with E-state index in [0.29, 0.717) is 23.3 Å². The molecule has 27 heavy (non-hydrogen) atoms. The van der Waals surface area contributed by atoms with Crippen LogP contribution in [0.5, 0.6) is 0 Å². The minimum absolute atomic E-state index is 0.0359. The van der Waals surface area contributed by atoms with Gasteiger partial charge >= 0.3 is 0 Å². The van der Waals surface area contributed by atoms with Crippen molar-refractivity contribution in [2.24, 2.45) is 13.0 Å². The number of nitrogens with zero attached hydrogens (tertiary/aromatic N) is 5. The molecule has 3 heterocycles. The Labute approximate surface area is 156 Å². The van der Waals surface area contributed by atoms with Crippen LogP contribution in [-0.4, -0.2) is 37.7 Å². The highest BCUT2D eigenvalue weighted by molar-refractivity contribution is 5.97. The molecule has 1 fully saturated rings. The number of pyridine rings is 1. The molecule has 1 aliphatic heterocycles. The topological polar surface area (TPSA) is 97.3 Å². The quantitative estimate of drug-likeness (QED) is 0.562. The highest BCUT2D eigenvalue weighted by atomic mass is 16.6. The number of fused-ring (bicyclic) bond motifs is 1. The molecule has 1 aliphatic rings. The second kappa shape index (κ2) is 6.96. The third-order valence-corrected chi connectivity index (χ3v) is 5.29. The average molecular weight is 367 g/mol. The second-order valence-corrected chi connectivity index (χ2v) is 6.95. The van der Waals surface area contributed by atoms with Gasteiger partial charge in [-0.25, -0.2) is 4.98 Å². The summed E-state index contributed by atoms with van der Waals surface area (Å²) in [5, 5.41) is 22.7. The molecule has 1 N–H and O–H groups in total. The van der Waals surface area contributed by atoms with Crippen molar-refractivity contribution >= 4 is 22.3 Å². The van der Waals surface area contributed by atoms with Crippen molar-refractivity contribution in [3.63, 3.8) is 0 Å². The van der Waals surface area contributed by atoms with Gasteiger partial charge in [-0.1, -0.05) is 0 Å². The Hall–Kier alpha value is -3.00. The van der Waals surface area contributed by atoms with Gasteiger partial charge in [0.15, 0.2) is 0 Å². The standard InChI is InChI=1S/C19H21N5O3/c1-22-11-9-21-19(22)18(25)13-4-3-10-23(12-13)16-7-6-15(24(26)27)14-5-2-8-20-17(14)16/h2,5-9,11,13,18,25H,3-4,10,12H2,1H3. The summed E-state index contributed by atoms with van der Waals surface area (Å²) in [6, 6.07) is 6.75. The van der Waals surface area contributed by atoms with Crippen LogP contribution in [0, 0.1) is 16.0 Å². The number of aliphatic hydroxyl groups is 1. The molecule has 0 aliphatic carbocycles. The molecule has 0 amide bonds. The lowest BCUT2D eigenvalue weighted by Gasteiger charge is -2.36. The predicted octanol–water partition coefficient (Wildman–Crippen LogP) is 2.83. The summed E-state index contributed by atoms with van der Waals surface area (Å²) in [7, 11) is 1.87. The highest BCUT2D eigenvalue weighted by Crippen LogP contribution is 2.36. The number of anilines is 1. The molecule has 2 unspecified atom stereocenters. The summed E-state index contributed by atoms with van der Waals surface area (Å²) < 4.78 is 1.84. The molecular weight excluding hydrogens is 346 g/mol. The summed E-state index contributed by atoms with van der Waals surface area (Å²) in [6.45, 7) is 1.48. The van der Waals surface area contributed by atoms with Crippen LogP contribution in [0.3, 0.4) is 0 Å². The lowest BCUT2D eigenvalue weighted by Crippen LogP contribution is -2.38. The SMILES string of the molecule is Cn1ccnc1C(O)C1CCCN(c2ccc([N+](=O)[O-])c3cccnc23)C1. The Morgan fingerprint density at radius 2 is 2.15 bits per heavy atom. The maximum atomic E-state index is 11.3. The zero-order valence-corrected chi connectivity index (χ0v) is 15.0. The second-order valence-electron chi connectivity index (χ2n) is 6.95. The molecule has 0 spiro atoms. The van der Waals surface area contributed by atoms with Gasteiger partial charge in [0.2, 0.25) is 0 Å². The maximum Gasteiger partial charge on any atom is 0.278 e. The monoisotopic (exact) mass is 367 g/mol. The molecule has 2 atom stereocenters. The first kappa shape index (κ1) is 17.4. The Bertz CT molecular complexity index is 986. The number of piperidine rings is 1. The summed E-state index contributed by atoms with van der Waals surface area (Å²) in [5.41, 5.74) is 1.55. The van der Waals surface area contributed by atoms with Crippen LogP contribution in [0.15, 0.2) is 42.9 Å². The van der Waals surface area contributed by atoms with E-state index in [4.69, 9.17) is 0 Å². The van der Waals surface area contributed by atoms with Gasteiger partial charge in [-0.2, -0.15) is 0 Å². The number of hydrogen-bond acceptors (Lipinski definition) is 6.